The Hall–Kier alpha value is -1.32. The van der Waals surface area contributed by atoms with Crippen molar-refractivity contribution in [3.63, 3.8) is 0 Å². The first-order valence-electron chi connectivity index (χ1n) is 4.49. The Labute approximate surface area is 83.6 Å². The average molecular weight is 194 g/mol. The zero-order chi connectivity index (χ0) is 10.1. The molecule has 0 spiro atoms. The molecule has 0 amide bonds. The van der Waals surface area contributed by atoms with Crippen molar-refractivity contribution in [2.45, 2.75) is 0 Å². The minimum atomic E-state index is 0.0490. The van der Waals surface area contributed by atoms with E-state index in [4.69, 9.17) is 14.6 Å². The summed E-state index contributed by atoms with van der Waals surface area (Å²) in [5.74, 6) is 0.797. The van der Waals surface area contributed by atoms with Crippen molar-refractivity contribution in [1.29, 1.82) is 0 Å². The largest absolute Gasteiger partial charge is 0.465 e. The fraction of sp³-hybridized carbons (Fsp3) is 0.273. The summed E-state index contributed by atoms with van der Waals surface area (Å²) in [5.41, 5.74) is 0. The summed E-state index contributed by atoms with van der Waals surface area (Å²) in [4.78, 5) is 0. The standard InChI is InChI=1S/C11H14O3/c12-7-10-13-8-4-9-14-11-5-2-1-3-6-11/h1-6,9,12H,7-8,10H2. The second-order valence-electron chi connectivity index (χ2n) is 2.60. The van der Waals surface area contributed by atoms with Gasteiger partial charge in [-0.15, -0.1) is 0 Å². The maximum atomic E-state index is 8.42. The molecule has 0 saturated carbocycles. The van der Waals surface area contributed by atoms with Gasteiger partial charge in [-0.1, -0.05) is 18.2 Å². The highest BCUT2D eigenvalue weighted by Crippen LogP contribution is 2.07. The van der Waals surface area contributed by atoms with Crippen LogP contribution in [-0.4, -0.2) is 24.9 Å². The molecule has 0 heterocycles. The summed E-state index contributed by atoms with van der Waals surface area (Å²) < 4.78 is 10.3. The molecule has 0 bridgehead atoms. The highest BCUT2D eigenvalue weighted by Gasteiger charge is 1.85. The Balaban J connectivity index is 2.14. The van der Waals surface area contributed by atoms with Crippen LogP contribution < -0.4 is 4.74 Å². The number of ether oxygens (including phenoxy) is 2. The number of rotatable bonds is 6. The Morgan fingerprint density at radius 1 is 1.21 bits per heavy atom. The fourth-order valence-corrected chi connectivity index (χ4v) is 0.881. The van der Waals surface area contributed by atoms with Gasteiger partial charge in [0.05, 0.1) is 26.1 Å². The van der Waals surface area contributed by atoms with Crippen molar-refractivity contribution < 1.29 is 14.6 Å². The molecule has 0 atom stereocenters. The van der Waals surface area contributed by atoms with E-state index in [1.165, 1.54) is 0 Å². The third-order valence-electron chi connectivity index (χ3n) is 1.49. The van der Waals surface area contributed by atoms with Gasteiger partial charge < -0.3 is 14.6 Å². The van der Waals surface area contributed by atoms with Crippen LogP contribution in [-0.2, 0) is 4.74 Å². The summed E-state index contributed by atoms with van der Waals surface area (Å²) in [6, 6.07) is 9.50. The molecule has 0 radical (unpaired) electrons. The van der Waals surface area contributed by atoms with Crippen LogP contribution in [0.15, 0.2) is 42.7 Å². The topological polar surface area (TPSA) is 38.7 Å². The molecule has 0 unspecified atom stereocenters. The van der Waals surface area contributed by atoms with E-state index in [0.717, 1.165) is 5.75 Å². The molecule has 76 valence electrons. The van der Waals surface area contributed by atoms with Gasteiger partial charge in [0.1, 0.15) is 5.75 Å². The Kier molecular flexibility index (Phi) is 5.47. The first kappa shape index (κ1) is 10.8. The molecule has 1 rings (SSSR count). The van der Waals surface area contributed by atoms with Gasteiger partial charge >= 0.3 is 0 Å². The molecule has 0 fully saturated rings. The Morgan fingerprint density at radius 3 is 2.71 bits per heavy atom. The second-order valence-corrected chi connectivity index (χ2v) is 2.60. The summed E-state index contributed by atoms with van der Waals surface area (Å²) >= 11 is 0. The van der Waals surface area contributed by atoms with Crippen molar-refractivity contribution in [1.82, 2.24) is 0 Å². The van der Waals surface area contributed by atoms with Crippen LogP contribution in [0.3, 0.4) is 0 Å². The quantitative estimate of drug-likeness (QED) is 0.552. The number of benzene rings is 1. The molecular formula is C11H14O3. The van der Waals surface area contributed by atoms with Crippen LogP contribution in [0.4, 0.5) is 0 Å². The van der Waals surface area contributed by atoms with Gasteiger partial charge in [0.2, 0.25) is 0 Å². The van der Waals surface area contributed by atoms with Crippen LogP contribution in [0, 0.1) is 0 Å². The van der Waals surface area contributed by atoms with Crippen LogP contribution in [0.1, 0.15) is 0 Å². The van der Waals surface area contributed by atoms with E-state index in [1.807, 2.05) is 30.3 Å². The van der Waals surface area contributed by atoms with Gasteiger partial charge in [-0.25, -0.2) is 0 Å². The lowest BCUT2D eigenvalue weighted by Crippen LogP contribution is -1.98. The number of hydrogen-bond donors (Lipinski definition) is 1. The SMILES string of the molecule is OCCOCC=COc1ccccc1. The molecule has 0 aliphatic heterocycles. The van der Waals surface area contributed by atoms with E-state index < -0.39 is 0 Å². The van der Waals surface area contributed by atoms with Crippen LogP contribution in [0.5, 0.6) is 5.75 Å². The van der Waals surface area contributed by atoms with Gasteiger partial charge in [-0.3, -0.25) is 0 Å². The monoisotopic (exact) mass is 194 g/mol. The molecule has 0 aliphatic rings. The van der Waals surface area contributed by atoms with Crippen molar-refractivity contribution in [2.75, 3.05) is 19.8 Å². The molecule has 0 aromatic heterocycles. The number of para-hydroxylation sites is 1. The highest BCUT2D eigenvalue weighted by molar-refractivity contribution is 5.21. The van der Waals surface area contributed by atoms with Gasteiger partial charge in [0, 0.05) is 0 Å². The normalized spacial score (nSPS) is 10.6. The van der Waals surface area contributed by atoms with Gasteiger partial charge in [0.15, 0.2) is 0 Å². The van der Waals surface area contributed by atoms with Crippen LogP contribution in [0.25, 0.3) is 0 Å². The number of aliphatic hydroxyl groups is 1. The summed E-state index contributed by atoms with van der Waals surface area (Å²) in [6.45, 7) is 0.858. The Morgan fingerprint density at radius 2 is 2.00 bits per heavy atom. The first-order valence-corrected chi connectivity index (χ1v) is 4.49. The van der Waals surface area contributed by atoms with E-state index >= 15 is 0 Å². The molecule has 0 aliphatic carbocycles. The second kappa shape index (κ2) is 7.12. The maximum absolute atomic E-state index is 8.42. The zero-order valence-corrected chi connectivity index (χ0v) is 7.93. The fourth-order valence-electron chi connectivity index (χ4n) is 0.881. The zero-order valence-electron chi connectivity index (χ0n) is 7.93. The Bertz CT molecular complexity index is 256. The third kappa shape index (κ3) is 4.64. The van der Waals surface area contributed by atoms with Gasteiger partial charge in [-0.05, 0) is 18.2 Å². The smallest absolute Gasteiger partial charge is 0.126 e. The number of hydrogen-bond acceptors (Lipinski definition) is 3. The van der Waals surface area contributed by atoms with Crippen molar-refractivity contribution in [2.24, 2.45) is 0 Å². The summed E-state index contributed by atoms with van der Waals surface area (Å²) in [6.07, 6.45) is 3.33. The number of aliphatic hydroxyl groups excluding tert-OH is 1. The summed E-state index contributed by atoms with van der Waals surface area (Å²) in [5, 5.41) is 8.42. The average Bonchev–Trinajstić information content (AvgIpc) is 2.25. The lowest BCUT2D eigenvalue weighted by Gasteiger charge is -1.98. The minimum Gasteiger partial charge on any atom is -0.465 e. The van der Waals surface area contributed by atoms with Crippen molar-refractivity contribution >= 4 is 0 Å². The van der Waals surface area contributed by atoms with Crippen LogP contribution >= 0.6 is 0 Å². The lowest BCUT2D eigenvalue weighted by atomic mass is 10.3. The minimum absolute atomic E-state index is 0.0490. The van der Waals surface area contributed by atoms with Gasteiger partial charge in [0.25, 0.3) is 0 Å². The van der Waals surface area contributed by atoms with E-state index in [0.29, 0.717) is 13.2 Å². The van der Waals surface area contributed by atoms with Crippen molar-refractivity contribution in [3.8, 4) is 5.75 Å². The molecule has 3 nitrogen and oxygen atoms in total. The predicted octanol–water partition coefficient (Wildman–Crippen LogP) is 1.59. The lowest BCUT2D eigenvalue weighted by molar-refractivity contribution is 0.111. The molecule has 1 N–H and O–H groups in total. The molecule has 14 heavy (non-hydrogen) atoms. The molecular weight excluding hydrogens is 180 g/mol. The summed E-state index contributed by atoms with van der Waals surface area (Å²) in [7, 11) is 0. The first-order chi connectivity index (χ1) is 6.93. The molecule has 1 aromatic carbocycles. The van der Waals surface area contributed by atoms with E-state index in [1.54, 1.807) is 12.3 Å². The molecule has 1 aromatic rings. The maximum Gasteiger partial charge on any atom is 0.126 e. The molecule has 3 heteroatoms. The van der Waals surface area contributed by atoms with Crippen molar-refractivity contribution in [3.05, 3.63) is 42.7 Å². The molecule has 0 saturated heterocycles. The highest BCUT2D eigenvalue weighted by atomic mass is 16.5. The van der Waals surface area contributed by atoms with E-state index in [-0.39, 0.29) is 6.61 Å². The third-order valence-corrected chi connectivity index (χ3v) is 1.49. The van der Waals surface area contributed by atoms with E-state index in [2.05, 4.69) is 0 Å². The van der Waals surface area contributed by atoms with Gasteiger partial charge in [-0.2, -0.15) is 0 Å². The van der Waals surface area contributed by atoms with Crippen LogP contribution in [0.2, 0.25) is 0 Å². The predicted molar refractivity (Wildman–Crippen MR) is 54.1 cm³/mol. The van der Waals surface area contributed by atoms with E-state index in [9.17, 15) is 0 Å².